The van der Waals surface area contributed by atoms with E-state index in [1.54, 1.807) is 0 Å². The van der Waals surface area contributed by atoms with Gasteiger partial charge in [-0.2, -0.15) is 0 Å². The van der Waals surface area contributed by atoms with E-state index in [-0.39, 0.29) is 12.3 Å². The van der Waals surface area contributed by atoms with Crippen LogP contribution in [0.5, 0.6) is 11.5 Å². The Balaban J connectivity index is 1.78. The summed E-state index contributed by atoms with van der Waals surface area (Å²) in [7, 11) is 0. The number of aromatic nitrogens is 1. The maximum atomic E-state index is 6.02. The molecule has 0 amide bonds. The maximum absolute atomic E-state index is 6.02. The van der Waals surface area contributed by atoms with Gasteiger partial charge < -0.3 is 20.5 Å². The van der Waals surface area contributed by atoms with Gasteiger partial charge in [0.15, 0.2) is 11.5 Å². The second-order valence-electron chi connectivity index (χ2n) is 5.90. The van der Waals surface area contributed by atoms with Gasteiger partial charge in [-0.05, 0) is 36.4 Å². The van der Waals surface area contributed by atoms with Crippen molar-refractivity contribution >= 4 is 16.6 Å². The Morgan fingerprint density at radius 1 is 1.19 bits per heavy atom. The predicted molar refractivity (Wildman–Crippen MR) is 81.7 cm³/mol. The van der Waals surface area contributed by atoms with E-state index in [0.717, 1.165) is 40.9 Å². The average molecular weight is 285 g/mol. The summed E-state index contributed by atoms with van der Waals surface area (Å²) in [5.41, 5.74) is 6.00. The molecule has 5 heteroatoms. The molecule has 2 heterocycles. The third-order valence-corrected chi connectivity index (χ3v) is 4.59. The molecular weight excluding hydrogens is 266 g/mol. The highest BCUT2D eigenvalue weighted by molar-refractivity contribution is 5.94. The molecule has 1 aliphatic heterocycles. The fraction of sp³-hybridized carbons (Fsp3) is 0.438. The molecule has 0 unspecified atom stereocenters. The number of rotatable bonds is 3. The Kier molecular flexibility index (Phi) is 2.89. The number of pyridine rings is 1. The number of fused-ring (bicyclic) bond motifs is 2. The van der Waals surface area contributed by atoms with E-state index in [4.69, 9.17) is 15.2 Å². The number of nitrogens with one attached hydrogen (secondary N) is 1. The zero-order chi connectivity index (χ0) is 14.3. The number of anilines is 1. The second-order valence-corrected chi connectivity index (χ2v) is 5.90. The van der Waals surface area contributed by atoms with Crippen LogP contribution in [-0.2, 0) is 0 Å². The first-order chi connectivity index (χ1) is 10.3. The van der Waals surface area contributed by atoms with E-state index in [1.807, 2.05) is 24.4 Å². The van der Waals surface area contributed by atoms with Crippen LogP contribution in [0.15, 0.2) is 24.4 Å². The number of hydrogen-bond donors (Lipinski definition) is 2. The van der Waals surface area contributed by atoms with Crippen molar-refractivity contribution in [3.05, 3.63) is 24.4 Å². The quantitative estimate of drug-likeness (QED) is 0.907. The third-order valence-electron chi connectivity index (χ3n) is 4.59. The molecule has 0 radical (unpaired) electrons. The van der Waals surface area contributed by atoms with Crippen molar-refractivity contribution < 1.29 is 9.47 Å². The number of nitrogens with zero attached hydrogens (tertiary/aromatic N) is 1. The van der Waals surface area contributed by atoms with Crippen LogP contribution in [0.25, 0.3) is 10.8 Å². The highest BCUT2D eigenvalue weighted by Gasteiger charge is 2.33. The Labute approximate surface area is 123 Å². The van der Waals surface area contributed by atoms with Crippen molar-refractivity contribution in [2.24, 2.45) is 5.73 Å². The monoisotopic (exact) mass is 285 g/mol. The van der Waals surface area contributed by atoms with Crippen molar-refractivity contribution in [3.63, 3.8) is 0 Å². The molecule has 110 valence electrons. The van der Waals surface area contributed by atoms with Crippen molar-refractivity contribution in [1.82, 2.24) is 4.98 Å². The molecule has 0 spiro atoms. The smallest absolute Gasteiger partial charge is 0.231 e. The van der Waals surface area contributed by atoms with Gasteiger partial charge in [-0.25, -0.2) is 4.98 Å². The average Bonchev–Trinajstić information content (AvgIpc) is 3.14. The minimum Gasteiger partial charge on any atom is -0.454 e. The summed E-state index contributed by atoms with van der Waals surface area (Å²) >= 11 is 0. The molecule has 3 N–H and O–H groups in total. The summed E-state index contributed by atoms with van der Waals surface area (Å²) in [5, 5.41) is 5.76. The molecule has 2 aromatic rings. The molecule has 5 nitrogen and oxygen atoms in total. The topological polar surface area (TPSA) is 69.4 Å². The largest absolute Gasteiger partial charge is 0.454 e. The predicted octanol–water partition coefficient (Wildman–Crippen LogP) is 2.65. The van der Waals surface area contributed by atoms with Crippen LogP contribution < -0.4 is 20.5 Å². The fourth-order valence-electron chi connectivity index (χ4n) is 3.35. The maximum Gasteiger partial charge on any atom is 0.231 e. The van der Waals surface area contributed by atoms with Crippen LogP contribution in [0.4, 0.5) is 5.82 Å². The van der Waals surface area contributed by atoms with Crippen molar-refractivity contribution in [2.75, 3.05) is 18.7 Å². The van der Waals surface area contributed by atoms with Gasteiger partial charge in [0.25, 0.3) is 0 Å². The SMILES string of the molecule is NCC1(Nc2nccc3cc4c(cc23)OCO4)CCCC1. The normalized spacial score (nSPS) is 19.1. The van der Waals surface area contributed by atoms with E-state index in [0.29, 0.717) is 6.54 Å². The second kappa shape index (κ2) is 4.77. The molecule has 1 aromatic heterocycles. The minimum absolute atomic E-state index is 0.0162. The van der Waals surface area contributed by atoms with Crippen molar-refractivity contribution in [3.8, 4) is 11.5 Å². The molecule has 2 aliphatic rings. The number of ether oxygens (including phenoxy) is 2. The first-order valence-electron chi connectivity index (χ1n) is 7.46. The van der Waals surface area contributed by atoms with Gasteiger partial charge in [-0.1, -0.05) is 12.8 Å². The van der Waals surface area contributed by atoms with E-state index >= 15 is 0 Å². The summed E-state index contributed by atoms with van der Waals surface area (Å²) in [6, 6.07) is 6.01. The lowest BCUT2D eigenvalue weighted by Gasteiger charge is -2.29. The number of hydrogen-bond acceptors (Lipinski definition) is 5. The van der Waals surface area contributed by atoms with Crippen molar-refractivity contribution in [1.29, 1.82) is 0 Å². The van der Waals surface area contributed by atoms with Crippen LogP contribution in [0.3, 0.4) is 0 Å². The first-order valence-corrected chi connectivity index (χ1v) is 7.46. The molecule has 0 saturated heterocycles. The minimum atomic E-state index is -0.0162. The Morgan fingerprint density at radius 2 is 1.95 bits per heavy atom. The molecule has 1 saturated carbocycles. The van der Waals surface area contributed by atoms with Crippen LogP contribution in [0.1, 0.15) is 25.7 Å². The molecule has 21 heavy (non-hydrogen) atoms. The van der Waals surface area contributed by atoms with Gasteiger partial charge in [-0.3, -0.25) is 0 Å². The molecule has 1 aromatic carbocycles. The third kappa shape index (κ3) is 2.08. The van der Waals surface area contributed by atoms with Gasteiger partial charge in [0.1, 0.15) is 5.82 Å². The zero-order valence-electron chi connectivity index (χ0n) is 11.9. The highest BCUT2D eigenvalue weighted by atomic mass is 16.7. The number of benzene rings is 1. The van der Waals surface area contributed by atoms with E-state index in [2.05, 4.69) is 10.3 Å². The van der Waals surface area contributed by atoms with E-state index in [1.165, 1.54) is 12.8 Å². The summed E-state index contributed by atoms with van der Waals surface area (Å²) in [5.74, 6) is 2.47. The van der Waals surface area contributed by atoms with Crippen LogP contribution in [0.2, 0.25) is 0 Å². The van der Waals surface area contributed by atoms with Gasteiger partial charge in [0.2, 0.25) is 6.79 Å². The zero-order valence-corrected chi connectivity index (χ0v) is 11.9. The van der Waals surface area contributed by atoms with Crippen molar-refractivity contribution in [2.45, 2.75) is 31.2 Å². The molecule has 4 rings (SSSR count). The Morgan fingerprint density at radius 3 is 2.71 bits per heavy atom. The first kappa shape index (κ1) is 12.7. The lowest BCUT2D eigenvalue weighted by atomic mass is 9.97. The summed E-state index contributed by atoms with van der Waals surface area (Å²) in [6.07, 6.45) is 6.48. The van der Waals surface area contributed by atoms with Crippen LogP contribution in [-0.4, -0.2) is 23.9 Å². The van der Waals surface area contributed by atoms with Gasteiger partial charge >= 0.3 is 0 Å². The summed E-state index contributed by atoms with van der Waals surface area (Å²) in [4.78, 5) is 4.53. The van der Waals surface area contributed by atoms with Gasteiger partial charge in [0, 0.05) is 18.1 Å². The Hall–Kier alpha value is -2.01. The van der Waals surface area contributed by atoms with Crippen LogP contribution >= 0.6 is 0 Å². The lowest BCUT2D eigenvalue weighted by Crippen LogP contribution is -2.43. The standard InChI is InChI=1S/C16H19N3O2/c17-9-16(4-1-2-5-16)19-15-12-8-14-13(20-10-21-14)7-11(12)3-6-18-15/h3,6-8H,1-2,4-5,9-10,17H2,(H,18,19). The fourth-order valence-corrected chi connectivity index (χ4v) is 3.35. The summed E-state index contributed by atoms with van der Waals surface area (Å²) in [6.45, 7) is 0.921. The number of nitrogens with two attached hydrogens (primary N) is 1. The molecule has 1 aliphatic carbocycles. The molecule has 1 fully saturated rings. The van der Waals surface area contributed by atoms with E-state index < -0.39 is 0 Å². The lowest BCUT2D eigenvalue weighted by molar-refractivity contribution is 0.174. The van der Waals surface area contributed by atoms with Gasteiger partial charge in [-0.15, -0.1) is 0 Å². The Bertz CT molecular complexity index is 681. The van der Waals surface area contributed by atoms with E-state index in [9.17, 15) is 0 Å². The van der Waals surface area contributed by atoms with Gasteiger partial charge in [0.05, 0.1) is 5.54 Å². The molecular formula is C16H19N3O2. The molecule has 0 bridgehead atoms. The van der Waals surface area contributed by atoms with Crippen LogP contribution in [0, 0.1) is 0 Å². The highest BCUT2D eigenvalue weighted by Crippen LogP contribution is 2.39. The summed E-state index contributed by atoms with van der Waals surface area (Å²) < 4.78 is 10.9. The molecule has 0 atom stereocenters.